The molecule has 180 valence electrons. The van der Waals surface area contributed by atoms with Gasteiger partial charge in [0.05, 0.1) is 46.7 Å². The third-order valence-corrected chi connectivity index (χ3v) is 6.56. The van der Waals surface area contributed by atoms with Crippen LogP contribution in [-0.4, -0.2) is 47.7 Å². The molecule has 35 heavy (non-hydrogen) atoms. The van der Waals surface area contributed by atoms with Gasteiger partial charge in [0.25, 0.3) is 0 Å². The van der Waals surface area contributed by atoms with Crippen LogP contribution >= 0.6 is 11.6 Å². The molecule has 1 aromatic heterocycles. The van der Waals surface area contributed by atoms with Crippen LogP contribution in [0.15, 0.2) is 54.6 Å². The minimum absolute atomic E-state index is 0.0956. The van der Waals surface area contributed by atoms with E-state index in [1.807, 2.05) is 0 Å². The first-order valence-electron chi connectivity index (χ1n) is 10.7. The van der Waals surface area contributed by atoms with E-state index in [0.717, 1.165) is 6.07 Å². The van der Waals surface area contributed by atoms with Crippen molar-refractivity contribution in [2.24, 2.45) is 0 Å². The Morgan fingerprint density at radius 3 is 2.43 bits per heavy atom. The van der Waals surface area contributed by atoms with Crippen molar-refractivity contribution in [3.63, 3.8) is 0 Å². The highest BCUT2D eigenvalue weighted by Gasteiger charge is 2.46. The van der Waals surface area contributed by atoms with E-state index >= 15 is 0 Å². The van der Waals surface area contributed by atoms with Crippen LogP contribution in [0.3, 0.4) is 0 Å². The summed E-state index contributed by atoms with van der Waals surface area (Å²) in [4.78, 5) is 11.4. The minimum atomic E-state index is -1.08. The molecule has 2 N–H and O–H groups in total. The maximum absolute atomic E-state index is 14.6. The van der Waals surface area contributed by atoms with Gasteiger partial charge in [-0.1, -0.05) is 23.7 Å². The molecule has 5 rings (SSSR count). The van der Waals surface area contributed by atoms with Gasteiger partial charge in [-0.3, -0.25) is 0 Å². The van der Waals surface area contributed by atoms with E-state index in [1.54, 1.807) is 23.8 Å². The van der Waals surface area contributed by atoms with Gasteiger partial charge >= 0.3 is 5.97 Å². The number of phenolic OH excluding ortho intramolecular Hbond substituents is 1. The fraction of sp³-hybridized carbons (Fsp3) is 0.192. The zero-order valence-electron chi connectivity index (χ0n) is 18.5. The highest BCUT2D eigenvalue weighted by Crippen LogP contribution is 2.48. The molecule has 0 unspecified atom stereocenters. The summed E-state index contributed by atoms with van der Waals surface area (Å²) in [6, 6.07) is 12.6. The molecule has 0 bridgehead atoms. The van der Waals surface area contributed by atoms with E-state index < -0.39 is 23.0 Å². The molecule has 0 spiro atoms. The molecule has 1 aliphatic heterocycles. The van der Waals surface area contributed by atoms with Gasteiger partial charge in [-0.2, -0.15) is 0 Å². The van der Waals surface area contributed by atoms with Crippen molar-refractivity contribution in [2.75, 3.05) is 26.9 Å². The van der Waals surface area contributed by atoms with E-state index in [9.17, 15) is 23.8 Å². The topological polar surface area (TPSA) is 80.9 Å². The Balaban J connectivity index is 1.94. The largest absolute Gasteiger partial charge is 0.507 e. The molecule has 1 aliphatic rings. The highest BCUT2D eigenvalue weighted by molar-refractivity contribution is 6.30. The van der Waals surface area contributed by atoms with Gasteiger partial charge in [-0.15, -0.1) is 0 Å². The second-order valence-electron chi connectivity index (χ2n) is 8.57. The number of ether oxygens (including phenoxy) is 2. The summed E-state index contributed by atoms with van der Waals surface area (Å²) in [5, 5.41) is 20.5. The first-order valence-corrected chi connectivity index (χ1v) is 11.1. The van der Waals surface area contributed by atoms with Crippen molar-refractivity contribution in [2.45, 2.75) is 5.41 Å². The smallest absolute Gasteiger partial charge is 0.335 e. The predicted octanol–water partition coefficient (Wildman–Crippen LogP) is 5.55. The van der Waals surface area contributed by atoms with E-state index in [0.29, 0.717) is 33.4 Å². The summed E-state index contributed by atoms with van der Waals surface area (Å²) in [5.41, 5.74) is 2.02. The van der Waals surface area contributed by atoms with E-state index in [1.165, 1.54) is 36.4 Å². The molecule has 9 heteroatoms. The highest BCUT2D eigenvalue weighted by atomic mass is 35.5. The zero-order valence-corrected chi connectivity index (χ0v) is 19.3. The van der Waals surface area contributed by atoms with Crippen LogP contribution in [0.5, 0.6) is 5.75 Å². The van der Waals surface area contributed by atoms with Gasteiger partial charge in [0.2, 0.25) is 0 Å². The van der Waals surface area contributed by atoms with E-state index in [2.05, 4.69) is 0 Å². The molecule has 0 radical (unpaired) electrons. The third-order valence-electron chi connectivity index (χ3n) is 6.27. The Morgan fingerprint density at radius 2 is 1.86 bits per heavy atom. The maximum atomic E-state index is 14.6. The monoisotopic (exact) mass is 499 g/mol. The van der Waals surface area contributed by atoms with Gasteiger partial charge in [-0.05, 0) is 42.0 Å². The SMILES string of the molecule is COCC1(c2c(-c3ccc(C(=O)O)cc3)c3c(O)cc(F)cc3n2-c2ccc(F)c(Cl)c2)COC1. The van der Waals surface area contributed by atoms with E-state index in [4.69, 9.17) is 21.1 Å². The van der Waals surface area contributed by atoms with Crippen molar-refractivity contribution in [1.82, 2.24) is 4.57 Å². The molecular formula is C26H20ClF2NO5. The number of aromatic hydroxyl groups is 1. The molecule has 1 fully saturated rings. The normalized spacial score (nSPS) is 14.7. The Hall–Kier alpha value is -3.46. The maximum Gasteiger partial charge on any atom is 0.335 e. The van der Waals surface area contributed by atoms with Crippen LogP contribution in [0.4, 0.5) is 8.78 Å². The number of aromatic carboxylic acids is 1. The molecule has 1 saturated heterocycles. The fourth-order valence-electron chi connectivity index (χ4n) is 4.73. The number of halogens is 3. The number of methoxy groups -OCH3 is 1. The number of carbonyl (C=O) groups is 1. The van der Waals surface area contributed by atoms with E-state index in [-0.39, 0.29) is 36.2 Å². The molecule has 6 nitrogen and oxygen atoms in total. The summed E-state index contributed by atoms with van der Waals surface area (Å²) < 4.78 is 41.5. The van der Waals surface area contributed by atoms with Crippen molar-refractivity contribution in [1.29, 1.82) is 0 Å². The Bertz CT molecular complexity index is 1460. The summed E-state index contributed by atoms with van der Waals surface area (Å²) in [6.45, 7) is 0.826. The Labute approximate surface area is 203 Å². The minimum Gasteiger partial charge on any atom is -0.507 e. The zero-order chi connectivity index (χ0) is 24.9. The number of aromatic nitrogens is 1. The number of rotatable bonds is 6. The predicted molar refractivity (Wildman–Crippen MR) is 127 cm³/mol. The fourth-order valence-corrected chi connectivity index (χ4v) is 4.90. The number of carboxylic acids is 1. The van der Waals surface area contributed by atoms with Crippen LogP contribution in [0.1, 0.15) is 16.1 Å². The van der Waals surface area contributed by atoms with Gasteiger partial charge in [0, 0.05) is 30.1 Å². The number of nitrogens with zero attached hydrogens (tertiary/aromatic N) is 1. The summed E-state index contributed by atoms with van der Waals surface area (Å²) in [5.74, 6) is -2.64. The van der Waals surface area contributed by atoms with Crippen LogP contribution in [0, 0.1) is 11.6 Å². The summed E-state index contributed by atoms with van der Waals surface area (Å²) in [7, 11) is 1.56. The average Bonchev–Trinajstić information content (AvgIpc) is 3.13. The lowest BCUT2D eigenvalue weighted by Gasteiger charge is -2.42. The number of benzene rings is 3. The lowest BCUT2D eigenvalue weighted by molar-refractivity contribution is -0.0938. The van der Waals surface area contributed by atoms with Crippen LogP contribution in [0.25, 0.3) is 27.7 Å². The molecule has 0 amide bonds. The Kier molecular flexibility index (Phi) is 5.75. The lowest BCUT2D eigenvalue weighted by atomic mass is 9.79. The quantitative estimate of drug-likeness (QED) is 0.364. The van der Waals surface area contributed by atoms with Crippen LogP contribution < -0.4 is 0 Å². The van der Waals surface area contributed by atoms with Gasteiger partial charge < -0.3 is 24.3 Å². The Morgan fingerprint density at radius 1 is 1.14 bits per heavy atom. The summed E-state index contributed by atoms with van der Waals surface area (Å²) in [6.07, 6.45) is 0. The molecular weight excluding hydrogens is 480 g/mol. The number of hydrogen-bond acceptors (Lipinski definition) is 4. The first kappa shape index (κ1) is 23.3. The standard InChI is InChI=1S/C26H20ClF2NO5/c1-34-11-26(12-35-13-26)24-22(14-2-4-15(5-3-14)25(32)33)23-20(8-16(28)9-21(23)31)30(24)17-6-7-19(29)18(27)10-17/h2-10,31H,11-13H2,1H3,(H,32,33). The van der Waals surface area contributed by atoms with Crippen LogP contribution in [0.2, 0.25) is 5.02 Å². The number of hydrogen-bond donors (Lipinski definition) is 2. The second kappa shape index (κ2) is 8.64. The molecule has 0 atom stereocenters. The number of phenols is 1. The van der Waals surface area contributed by atoms with Gasteiger partial charge in [-0.25, -0.2) is 13.6 Å². The van der Waals surface area contributed by atoms with Crippen molar-refractivity contribution in [3.8, 4) is 22.6 Å². The molecule has 2 heterocycles. The first-order chi connectivity index (χ1) is 16.8. The molecule has 3 aromatic carbocycles. The number of carboxylic acid groups (broad SMARTS) is 1. The summed E-state index contributed by atoms with van der Waals surface area (Å²) >= 11 is 6.11. The average molecular weight is 500 g/mol. The molecule has 0 aliphatic carbocycles. The van der Waals surface area contributed by atoms with Crippen LogP contribution in [-0.2, 0) is 14.9 Å². The lowest BCUT2D eigenvalue weighted by Crippen LogP contribution is -2.51. The molecule has 4 aromatic rings. The number of fused-ring (bicyclic) bond motifs is 1. The van der Waals surface area contributed by atoms with Crippen molar-refractivity contribution in [3.05, 3.63) is 82.5 Å². The third kappa shape index (κ3) is 3.74. The van der Waals surface area contributed by atoms with Crippen molar-refractivity contribution < 1.29 is 33.3 Å². The molecule has 0 saturated carbocycles. The van der Waals surface area contributed by atoms with Gasteiger partial charge in [0.1, 0.15) is 17.4 Å². The van der Waals surface area contributed by atoms with Gasteiger partial charge in [0.15, 0.2) is 0 Å². The van der Waals surface area contributed by atoms with Crippen molar-refractivity contribution >= 4 is 28.5 Å². The second-order valence-corrected chi connectivity index (χ2v) is 8.97.